The number of hydrogen-bond donors (Lipinski definition) is 0. The van der Waals surface area contributed by atoms with E-state index in [1.165, 1.54) is 0 Å². The van der Waals surface area contributed by atoms with Crippen LogP contribution in [0.15, 0.2) is 12.1 Å². The molecule has 0 amide bonds. The second-order valence-corrected chi connectivity index (χ2v) is 2.23. The summed E-state index contributed by atoms with van der Waals surface area (Å²) >= 11 is 0. The fourth-order valence-corrected chi connectivity index (χ4v) is 0.668. The van der Waals surface area contributed by atoms with E-state index in [0.29, 0.717) is 6.29 Å². The summed E-state index contributed by atoms with van der Waals surface area (Å²) in [7, 11) is 0. The van der Waals surface area contributed by atoms with Gasteiger partial charge in [0.1, 0.15) is 6.61 Å². The smallest absolute Gasteiger partial charge is 0.435 e. The molecule has 0 aromatic carbocycles. The van der Waals surface area contributed by atoms with E-state index in [-0.39, 0.29) is 12.5 Å². The highest BCUT2D eigenvalue weighted by atomic mass is 19.4. The molecular formula is C7H5F3N2O2. The minimum Gasteiger partial charge on any atom is -0.469 e. The summed E-state index contributed by atoms with van der Waals surface area (Å²) < 4.78 is 40.5. The zero-order valence-electron chi connectivity index (χ0n) is 6.78. The van der Waals surface area contributed by atoms with Crippen LogP contribution in [0.25, 0.3) is 0 Å². The number of rotatable bonds is 3. The number of aldehydes is 1. The van der Waals surface area contributed by atoms with Crippen molar-refractivity contribution in [3.63, 3.8) is 0 Å². The average Bonchev–Trinajstić information content (AvgIpc) is 2.14. The van der Waals surface area contributed by atoms with Gasteiger partial charge in [-0.1, -0.05) is 0 Å². The Hall–Kier alpha value is -1.66. The Labute approximate surface area is 76.7 Å². The quantitative estimate of drug-likeness (QED) is 0.694. The normalized spacial score (nSPS) is 11.1. The first-order chi connectivity index (χ1) is 6.54. The van der Waals surface area contributed by atoms with E-state index < -0.39 is 11.9 Å². The summed E-state index contributed by atoms with van der Waals surface area (Å²) in [5.74, 6) is -0.120. The Bertz CT molecular complexity index is 310. The van der Waals surface area contributed by atoms with E-state index in [2.05, 4.69) is 14.9 Å². The summed E-state index contributed by atoms with van der Waals surface area (Å²) in [6, 6.07) is 1.73. The maximum atomic E-state index is 12.0. The third-order valence-electron chi connectivity index (χ3n) is 1.23. The molecule has 0 fully saturated rings. The number of hydrogen-bond acceptors (Lipinski definition) is 4. The molecule has 0 aliphatic carbocycles. The van der Waals surface area contributed by atoms with E-state index in [1.54, 1.807) is 0 Å². The van der Waals surface area contributed by atoms with Gasteiger partial charge in [0.05, 0.1) is 0 Å². The van der Waals surface area contributed by atoms with Crippen molar-refractivity contribution in [2.24, 2.45) is 0 Å². The summed E-state index contributed by atoms with van der Waals surface area (Å²) in [6.07, 6.45) is -4.06. The zero-order valence-corrected chi connectivity index (χ0v) is 6.78. The van der Waals surface area contributed by atoms with Gasteiger partial charge in [-0.05, 0) is 6.07 Å². The summed E-state index contributed by atoms with van der Waals surface area (Å²) in [4.78, 5) is 9.85. The van der Waals surface area contributed by atoms with Gasteiger partial charge in [0, 0.05) is 6.07 Å². The van der Waals surface area contributed by atoms with Crippen molar-refractivity contribution in [3.8, 4) is 5.88 Å². The zero-order chi connectivity index (χ0) is 10.6. The number of carbonyl (C=O) groups excluding carboxylic acids is 1. The van der Waals surface area contributed by atoms with Crippen LogP contribution in [0.3, 0.4) is 0 Å². The molecule has 4 nitrogen and oxygen atoms in total. The molecule has 0 radical (unpaired) electrons. The van der Waals surface area contributed by atoms with E-state index in [4.69, 9.17) is 0 Å². The van der Waals surface area contributed by atoms with Crippen molar-refractivity contribution in [2.75, 3.05) is 6.61 Å². The predicted molar refractivity (Wildman–Crippen MR) is 38.6 cm³/mol. The second kappa shape index (κ2) is 4.03. The standard InChI is InChI=1S/C7H5F3N2O2/c8-7(9,10)5-1-2-6(12-11-5)14-4-3-13/h1-3H,4H2. The molecule has 1 rings (SSSR count). The highest BCUT2D eigenvalue weighted by Crippen LogP contribution is 2.27. The fraction of sp³-hybridized carbons (Fsp3) is 0.286. The van der Waals surface area contributed by atoms with Gasteiger partial charge < -0.3 is 4.74 Å². The topological polar surface area (TPSA) is 52.1 Å². The molecule has 0 spiro atoms. The first kappa shape index (κ1) is 10.4. The van der Waals surface area contributed by atoms with Crippen LogP contribution in [0, 0.1) is 0 Å². The Morgan fingerprint density at radius 1 is 1.36 bits per heavy atom. The van der Waals surface area contributed by atoms with Crippen molar-refractivity contribution in [1.29, 1.82) is 0 Å². The van der Waals surface area contributed by atoms with E-state index in [1.807, 2.05) is 0 Å². The Balaban J connectivity index is 2.73. The van der Waals surface area contributed by atoms with Gasteiger partial charge in [0.2, 0.25) is 5.88 Å². The second-order valence-electron chi connectivity index (χ2n) is 2.23. The number of aromatic nitrogens is 2. The SMILES string of the molecule is O=CCOc1ccc(C(F)(F)F)nn1. The first-order valence-electron chi connectivity index (χ1n) is 3.51. The molecular weight excluding hydrogens is 201 g/mol. The number of carbonyl (C=O) groups is 1. The average molecular weight is 206 g/mol. The molecule has 7 heteroatoms. The molecule has 0 bridgehead atoms. The van der Waals surface area contributed by atoms with E-state index in [0.717, 1.165) is 12.1 Å². The van der Waals surface area contributed by atoms with Gasteiger partial charge in [-0.25, -0.2) is 0 Å². The van der Waals surface area contributed by atoms with Crippen LogP contribution >= 0.6 is 0 Å². The summed E-state index contributed by atoms with van der Waals surface area (Å²) in [5, 5.41) is 6.02. The molecule has 0 aliphatic heterocycles. The minimum absolute atomic E-state index is 0.120. The van der Waals surface area contributed by atoms with Crippen LogP contribution in [0.1, 0.15) is 5.69 Å². The predicted octanol–water partition coefficient (Wildman–Crippen LogP) is 1.07. The Morgan fingerprint density at radius 2 is 2.07 bits per heavy atom. The highest BCUT2D eigenvalue weighted by molar-refractivity contribution is 5.51. The van der Waals surface area contributed by atoms with Crippen LogP contribution in [0.2, 0.25) is 0 Å². The van der Waals surface area contributed by atoms with Gasteiger partial charge in [-0.3, -0.25) is 4.79 Å². The lowest BCUT2D eigenvalue weighted by atomic mass is 10.4. The number of ether oxygens (including phenoxy) is 1. The number of nitrogens with zero attached hydrogens (tertiary/aromatic N) is 2. The minimum atomic E-state index is -4.52. The molecule has 0 N–H and O–H groups in total. The van der Waals surface area contributed by atoms with Crippen molar-refractivity contribution < 1.29 is 22.7 Å². The highest BCUT2D eigenvalue weighted by Gasteiger charge is 2.32. The van der Waals surface area contributed by atoms with Crippen LogP contribution in [0.5, 0.6) is 5.88 Å². The Morgan fingerprint density at radius 3 is 2.50 bits per heavy atom. The van der Waals surface area contributed by atoms with Gasteiger partial charge in [-0.15, -0.1) is 10.2 Å². The molecule has 1 heterocycles. The maximum absolute atomic E-state index is 12.0. The van der Waals surface area contributed by atoms with Crippen molar-refractivity contribution in [3.05, 3.63) is 17.8 Å². The first-order valence-corrected chi connectivity index (χ1v) is 3.51. The number of halogens is 3. The van der Waals surface area contributed by atoms with Crippen molar-refractivity contribution in [1.82, 2.24) is 10.2 Å². The lowest BCUT2D eigenvalue weighted by Gasteiger charge is -2.04. The molecule has 0 aliphatic rings. The van der Waals surface area contributed by atoms with Crippen LogP contribution in [-0.4, -0.2) is 23.1 Å². The molecule has 0 saturated heterocycles. The van der Waals surface area contributed by atoms with Crippen molar-refractivity contribution in [2.45, 2.75) is 6.18 Å². The number of alkyl halides is 3. The lowest BCUT2D eigenvalue weighted by molar-refractivity contribution is -0.141. The molecule has 76 valence electrons. The molecule has 0 saturated carbocycles. The lowest BCUT2D eigenvalue weighted by Crippen LogP contribution is -2.09. The fourth-order valence-electron chi connectivity index (χ4n) is 0.668. The van der Waals surface area contributed by atoms with Gasteiger partial charge >= 0.3 is 6.18 Å². The third-order valence-corrected chi connectivity index (χ3v) is 1.23. The Kier molecular flexibility index (Phi) is 3.00. The third kappa shape index (κ3) is 2.68. The van der Waals surface area contributed by atoms with Gasteiger partial charge in [-0.2, -0.15) is 13.2 Å². The van der Waals surface area contributed by atoms with Gasteiger partial charge in [0.15, 0.2) is 12.0 Å². The van der Waals surface area contributed by atoms with Crippen molar-refractivity contribution >= 4 is 6.29 Å². The monoisotopic (exact) mass is 206 g/mol. The maximum Gasteiger partial charge on any atom is 0.435 e. The molecule has 1 aromatic heterocycles. The van der Waals surface area contributed by atoms with E-state index >= 15 is 0 Å². The van der Waals surface area contributed by atoms with Gasteiger partial charge in [0.25, 0.3) is 0 Å². The largest absolute Gasteiger partial charge is 0.469 e. The molecule has 1 aromatic rings. The summed E-state index contributed by atoms with van der Waals surface area (Å²) in [5.41, 5.74) is -1.10. The molecule has 14 heavy (non-hydrogen) atoms. The summed E-state index contributed by atoms with van der Waals surface area (Å²) in [6.45, 7) is -0.264. The van der Waals surface area contributed by atoms with E-state index in [9.17, 15) is 18.0 Å². The molecule has 0 atom stereocenters. The van der Waals surface area contributed by atoms with Crippen LogP contribution in [-0.2, 0) is 11.0 Å². The van der Waals surface area contributed by atoms with Crippen LogP contribution in [0.4, 0.5) is 13.2 Å². The molecule has 0 unspecified atom stereocenters. The van der Waals surface area contributed by atoms with Crippen LogP contribution < -0.4 is 4.74 Å².